The molecule has 0 heterocycles. The summed E-state index contributed by atoms with van der Waals surface area (Å²) in [6.45, 7) is 1.21. The number of quaternary nitrogens is 1. The molecule has 0 saturated carbocycles. The van der Waals surface area contributed by atoms with Gasteiger partial charge in [0.05, 0.1) is 0 Å². The molecule has 38 valence electrons. The van der Waals surface area contributed by atoms with E-state index in [2.05, 4.69) is 14.1 Å². The van der Waals surface area contributed by atoms with Crippen LogP contribution in [0.15, 0.2) is 0 Å². The van der Waals surface area contributed by atoms with Crippen LogP contribution in [0.2, 0.25) is 0 Å². The van der Waals surface area contributed by atoms with Gasteiger partial charge in [-0.1, -0.05) is 0 Å². The van der Waals surface area contributed by atoms with Crippen molar-refractivity contribution in [2.75, 3.05) is 27.2 Å². The van der Waals surface area contributed by atoms with Gasteiger partial charge in [-0.25, -0.2) is 0 Å². The van der Waals surface area contributed by atoms with Crippen LogP contribution in [-0.4, -0.2) is 62.6 Å². The minimum atomic E-state index is 0.316. The zero-order valence-electron chi connectivity index (χ0n) is 5.31. The predicted molar refractivity (Wildman–Crippen MR) is 29.8 cm³/mol. The summed E-state index contributed by atoms with van der Waals surface area (Å²) in [7, 11) is 4.23. The molecule has 0 spiro atoms. The van der Waals surface area contributed by atoms with E-state index in [-0.39, 0.29) is 0 Å². The van der Waals surface area contributed by atoms with E-state index in [0.29, 0.717) is 6.61 Å². The Kier molecular flexibility index (Phi) is 3.45. The molecule has 0 fully saturated rings. The number of hydrogen-bond acceptors (Lipinski definition) is 1. The third-order valence-corrected chi connectivity index (χ3v) is 1.22. The first-order valence-corrected chi connectivity index (χ1v) is 3.37. The van der Waals surface area contributed by atoms with Gasteiger partial charge < -0.3 is 0 Å². The molecule has 0 unspecified atom stereocenters. The third kappa shape index (κ3) is 6.92. The summed E-state index contributed by atoms with van der Waals surface area (Å²) in [6, 6.07) is 0. The van der Waals surface area contributed by atoms with Gasteiger partial charge in [-0.15, -0.1) is 0 Å². The molecule has 0 aromatic carbocycles. The number of rotatable bonds is 2. The van der Waals surface area contributed by atoms with Crippen LogP contribution in [0.3, 0.4) is 0 Å². The first-order chi connectivity index (χ1) is 3.06. The Morgan fingerprint density at radius 1 is 1.57 bits per heavy atom. The van der Waals surface area contributed by atoms with Gasteiger partial charge in [-0.2, -0.15) is 0 Å². The van der Waals surface area contributed by atoms with Gasteiger partial charge in [0, 0.05) is 0 Å². The van der Waals surface area contributed by atoms with Crippen LogP contribution in [0.4, 0.5) is 0 Å². The van der Waals surface area contributed by atoms with E-state index < -0.39 is 0 Å². The molecule has 0 aliphatic rings. The minimum absolute atomic E-state index is 0.316. The molecule has 0 saturated heterocycles. The van der Waals surface area contributed by atoms with E-state index in [0.717, 1.165) is 36.8 Å². The normalized spacial score (nSPS) is 12.1. The molecule has 0 radical (unpaired) electrons. The van der Waals surface area contributed by atoms with E-state index in [1.807, 2.05) is 0 Å². The van der Waals surface area contributed by atoms with Gasteiger partial charge in [0.2, 0.25) is 0 Å². The molecule has 0 aliphatic carbocycles. The van der Waals surface area contributed by atoms with E-state index in [4.69, 9.17) is 5.11 Å². The molecule has 3 heteroatoms. The summed E-state index contributed by atoms with van der Waals surface area (Å²) < 4.78 is 0.983. The molecule has 0 aliphatic heterocycles. The van der Waals surface area contributed by atoms with Gasteiger partial charge in [0.1, 0.15) is 0 Å². The fourth-order valence-corrected chi connectivity index (χ4v) is 0.500. The monoisotopic (exact) mass is 112 g/mol. The summed E-state index contributed by atoms with van der Waals surface area (Å²) in [6.07, 6.45) is 0. The Morgan fingerprint density at radius 3 is 2.00 bits per heavy atom. The first-order valence-electron chi connectivity index (χ1n) is 2.47. The SMILES string of the molecule is C[N+](C)([Na])CCO. The summed E-state index contributed by atoms with van der Waals surface area (Å²) >= 11 is 1.12. The maximum absolute atomic E-state index is 8.41. The Hall–Kier alpha value is 0.920. The zero-order valence-corrected chi connectivity index (χ0v) is 7.31. The first kappa shape index (κ1) is 7.92. The van der Waals surface area contributed by atoms with Crippen LogP contribution in [0.5, 0.6) is 0 Å². The molecule has 0 aromatic heterocycles. The molecule has 0 bridgehead atoms. The van der Waals surface area contributed by atoms with Crippen molar-refractivity contribution in [1.29, 1.82) is 0 Å². The Morgan fingerprint density at radius 2 is 2.00 bits per heavy atom. The number of likely N-dealkylation sites (N-methyl/N-ethyl adjacent to an activating group) is 1. The molecular formula is C4H11NNaO+. The Labute approximate surface area is 62.6 Å². The number of hydrogen-bond donors (Lipinski definition) is 1. The molecule has 0 atom stereocenters. The average Bonchev–Trinajstić information content (AvgIpc) is 1.30. The van der Waals surface area contributed by atoms with Gasteiger partial charge in [-0.3, -0.25) is 0 Å². The second kappa shape index (κ2) is 3.05. The van der Waals surface area contributed by atoms with Gasteiger partial charge >= 0.3 is 62.6 Å². The molecular weight excluding hydrogens is 101 g/mol. The van der Waals surface area contributed by atoms with Crippen LogP contribution in [-0.2, 0) is 0 Å². The topological polar surface area (TPSA) is 20.2 Å². The molecule has 0 amide bonds. The maximum atomic E-state index is 8.41. The molecule has 0 aromatic rings. The Bertz CT molecular complexity index is 50.1. The quantitative estimate of drug-likeness (QED) is 0.461. The molecule has 1 N–H and O–H groups in total. The van der Waals surface area contributed by atoms with E-state index >= 15 is 0 Å². The van der Waals surface area contributed by atoms with Gasteiger partial charge in [0.15, 0.2) is 0 Å². The van der Waals surface area contributed by atoms with E-state index in [1.165, 1.54) is 0 Å². The van der Waals surface area contributed by atoms with Crippen LogP contribution < -0.4 is 0 Å². The van der Waals surface area contributed by atoms with Crippen LogP contribution >= 0.6 is 0 Å². The molecule has 7 heavy (non-hydrogen) atoms. The summed E-state index contributed by atoms with van der Waals surface area (Å²) in [5.41, 5.74) is 0. The van der Waals surface area contributed by atoms with Crippen molar-refractivity contribution in [3.8, 4) is 0 Å². The van der Waals surface area contributed by atoms with Crippen molar-refractivity contribution >= 4 is 28.2 Å². The predicted octanol–water partition coefficient (Wildman–Crippen LogP) is -0.861. The van der Waals surface area contributed by atoms with Crippen molar-refractivity contribution < 1.29 is 7.12 Å². The van der Waals surface area contributed by atoms with E-state index in [9.17, 15) is 0 Å². The van der Waals surface area contributed by atoms with Crippen molar-refractivity contribution in [1.82, 2.24) is 0 Å². The van der Waals surface area contributed by atoms with Crippen molar-refractivity contribution in [2.45, 2.75) is 0 Å². The third-order valence-electron chi connectivity index (χ3n) is 0.771. The Balaban J connectivity index is 3.15. The van der Waals surface area contributed by atoms with Crippen LogP contribution in [0, 0.1) is 0 Å². The number of nitrogens with zero attached hydrogens (tertiary/aromatic N) is 1. The summed E-state index contributed by atoms with van der Waals surface area (Å²) in [5, 5.41) is 8.41. The average molecular weight is 112 g/mol. The van der Waals surface area contributed by atoms with Crippen LogP contribution in [0.1, 0.15) is 0 Å². The molecule has 2 nitrogen and oxygen atoms in total. The summed E-state index contributed by atoms with van der Waals surface area (Å²) in [4.78, 5) is 0. The summed E-state index contributed by atoms with van der Waals surface area (Å²) in [5.74, 6) is 0. The molecule has 0 rings (SSSR count). The van der Waals surface area contributed by atoms with E-state index in [1.54, 1.807) is 0 Å². The zero-order chi connectivity index (χ0) is 5.91. The van der Waals surface area contributed by atoms with Crippen molar-refractivity contribution in [2.24, 2.45) is 0 Å². The second-order valence-electron chi connectivity index (χ2n) is 2.74. The van der Waals surface area contributed by atoms with Crippen molar-refractivity contribution in [3.63, 3.8) is 0 Å². The van der Waals surface area contributed by atoms with Crippen LogP contribution in [0.25, 0.3) is 0 Å². The van der Waals surface area contributed by atoms with Crippen molar-refractivity contribution in [3.05, 3.63) is 0 Å². The standard InChI is InChI=1S/C4H11NO.Na/c1-5(2)3-4-6;/h6H,3-4H2,1-2H3;/q;+1. The second-order valence-corrected chi connectivity index (χ2v) is 5.16. The number of aliphatic hydroxyl groups is 1. The van der Waals surface area contributed by atoms with Gasteiger partial charge in [0.25, 0.3) is 0 Å². The fraction of sp³-hybridized carbons (Fsp3) is 1.00. The fourth-order valence-electron chi connectivity index (χ4n) is 0.300. The number of aliphatic hydroxyl groups excluding tert-OH is 1. The van der Waals surface area contributed by atoms with Gasteiger partial charge in [-0.05, 0) is 0 Å².